The van der Waals surface area contributed by atoms with Gasteiger partial charge in [0.2, 0.25) is 0 Å². The zero-order chi connectivity index (χ0) is 14.0. The number of hydrogen-bond acceptors (Lipinski definition) is 6. The van der Waals surface area contributed by atoms with Gasteiger partial charge >= 0.3 is 0 Å². The summed E-state index contributed by atoms with van der Waals surface area (Å²) in [7, 11) is -6.07. The molecule has 4 N–H and O–H groups in total. The van der Waals surface area contributed by atoms with Crippen molar-refractivity contribution in [3.8, 4) is 5.75 Å². The fourth-order valence-corrected chi connectivity index (χ4v) is 3.64. The van der Waals surface area contributed by atoms with E-state index in [2.05, 4.69) is 0 Å². The van der Waals surface area contributed by atoms with Crippen LogP contribution in [0.2, 0.25) is 0 Å². The van der Waals surface area contributed by atoms with Gasteiger partial charge in [-0.2, -0.15) is 8.42 Å². The maximum absolute atomic E-state index is 11.8. The van der Waals surface area contributed by atoms with Crippen molar-refractivity contribution in [1.29, 1.82) is 0 Å². The first-order valence-electron chi connectivity index (χ1n) is 4.62. The van der Waals surface area contributed by atoms with Crippen LogP contribution >= 0.6 is 0 Å². The van der Waals surface area contributed by atoms with Crippen LogP contribution < -0.4 is 19.3 Å². The quantitative estimate of drug-likeness (QED) is 0.599. The molecule has 0 aliphatic rings. The minimum absolute atomic E-state index is 0.0474. The first-order valence-corrected chi connectivity index (χ1v) is 7.59. The SMILES string of the molecule is CNS(=O)(=O)NS(=O)(=O)c1ccc(N)cc1OC. The van der Waals surface area contributed by atoms with E-state index in [0.717, 1.165) is 13.1 Å². The van der Waals surface area contributed by atoms with E-state index >= 15 is 0 Å². The van der Waals surface area contributed by atoms with E-state index in [9.17, 15) is 16.8 Å². The molecule has 0 saturated carbocycles. The van der Waals surface area contributed by atoms with Crippen molar-refractivity contribution in [3.05, 3.63) is 18.2 Å². The molecule has 0 aliphatic carbocycles. The molecule has 1 aromatic carbocycles. The molecular weight excluding hydrogens is 282 g/mol. The Kier molecular flexibility index (Phi) is 4.16. The highest BCUT2D eigenvalue weighted by Crippen LogP contribution is 2.25. The van der Waals surface area contributed by atoms with Crippen LogP contribution in [-0.4, -0.2) is 31.0 Å². The van der Waals surface area contributed by atoms with Crippen LogP contribution in [0.5, 0.6) is 5.75 Å². The van der Waals surface area contributed by atoms with Gasteiger partial charge in [-0.15, -0.1) is 0 Å². The normalized spacial score (nSPS) is 12.3. The second kappa shape index (κ2) is 5.10. The Hall–Kier alpha value is -1.36. The lowest BCUT2D eigenvalue weighted by Crippen LogP contribution is -2.38. The first kappa shape index (κ1) is 14.7. The molecule has 0 spiro atoms. The Bertz CT molecular complexity index is 639. The van der Waals surface area contributed by atoms with Crippen LogP contribution in [0.3, 0.4) is 0 Å². The van der Waals surface area contributed by atoms with Crippen molar-refractivity contribution < 1.29 is 21.6 Å². The molecular formula is C8H13N3O5S2. The summed E-state index contributed by atoms with van der Waals surface area (Å²) in [6.45, 7) is 0. The van der Waals surface area contributed by atoms with Crippen LogP contribution in [-0.2, 0) is 20.2 Å². The molecule has 102 valence electrons. The minimum Gasteiger partial charge on any atom is -0.495 e. The summed E-state index contributed by atoms with van der Waals surface area (Å²) < 4.78 is 54.3. The maximum atomic E-state index is 11.8. The monoisotopic (exact) mass is 295 g/mol. The Morgan fingerprint density at radius 2 is 1.83 bits per heavy atom. The number of methoxy groups -OCH3 is 1. The number of nitrogens with two attached hydrogens (primary N) is 1. The second-order valence-electron chi connectivity index (χ2n) is 3.20. The van der Waals surface area contributed by atoms with Gasteiger partial charge in [0.05, 0.1) is 7.11 Å². The average Bonchev–Trinajstić information content (AvgIpc) is 2.27. The summed E-state index contributed by atoms with van der Waals surface area (Å²) >= 11 is 0. The number of benzene rings is 1. The number of nitrogens with one attached hydrogen (secondary N) is 2. The van der Waals surface area contributed by atoms with E-state index in [0.29, 0.717) is 5.69 Å². The van der Waals surface area contributed by atoms with Gasteiger partial charge in [-0.3, -0.25) is 0 Å². The Morgan fingerprint density at radius 1 is 1.22 bits per heavy atom. The zero-order valence-corrected chi connectivity index (χ0v) is 11.3. The minimum atomic E-state index is -4.27. The Morgan fingerprint density at radius 3 is 2.33 bits per heavy atom. The molecule has 0 aromatic heterocycles. The van der Waals surface area contributed by atoms with Gasteiger partial charge < -0.3 is 10.5 Å². The number of sulfonamides is 1. The van der Waals surface area contributed by atoms with Crippen molar-refractivity contribution in [2.45, 2.75) is 4.90 Å². The summed E-state index contributed by atoms with van der Waals surface area (Å²) in [5.41, 5.74) is 5.77. The molecule has 0 saturated heterocycles. The summed E-state index contributed by atoms with van der Waals surface area (Å²) in [4.78, 5) is -0.321. The van der Waals surface area contributed by atoms with Crippen molar-refractivity contribution in [1.82, 2.24) is 8.85 Å². The van der Waals surface area contributed by atoms with Gasteiger partial charge in [0.15, 0.2) is 0 Å². The molecule has 0 heterocycles. The average molecular weight is 295 g/mol. The molecule has 0 atom stereocenters. The summed E-state index contributed by atoms with van der Waals surface area (Å²) in [6.07, 6.45) is 0. The standard InChI is InChI=1S/C8H13N3O5S2/c1-10-18(14,15)11-17(12,13)8-4-3-6(9)5-7(8)16-2/h3-5,10-11H,9H2,1-2H3. The predicted octanol–water partition coefficient (Wildman–Crippen LogP) is -0.980. The number of rotatable bonds is 5. The Balaban J connectivity index is 3.29. The molecule has 1 aromatic rings. The van der Waals surface area contributed by atoms with Gasteiger partial charge in [-0.05, 0) is 12.1 Å². The number of ether oxygens (including phenoxy) is 1. The molecule has 0 bridgehead atoms. The van der Waals surface area contributed by atoms with Crippen LogP contribution in [0, 0.1) is 0 Å². The van der Waals surface area contributed by atoms with Crippen molar-refractivity contribution in [2.24, 2.45) is 0 Å². The highest BCUT2D eigenvalue weighted by atomic mass is 32.3. The largest absolute Gasteiger partial charge is 0.495 e. The molecule has 0 amide bonds. The lowest BCUT2D eigenvalue weighted by Gasteiger charge is -2.10. The number of hydrogen-bond donors (Lipinski definition) is 3. The highest BCUT2D eigenvalue weighted by Gasteiger charge is 2.24. The van der Waals surface area contributed by atoms with E-state index in [1.54, 1.807) is 0 Å². The lowest BCUT2D eigenvalue weighted by molar-refractivity contribution is 0.403. The summed E-state index contributed by atoms with van der Waals surface area (Å²) in [5, 5.41) is 0. The molecule has 0 fully saturated rings. The van der Waals surface area contributed by atoms with Crippen LogP contribution in [0.25, 0.3) is 0 Å². The highest BCUT2D eigenvalue weighted by molar-refractivity contribution is 8.03. The van der Waals surface area contributed by atoms with Gasteiger partial charge in [0.25, 0.3) is 20.2 Å². The third kappa shape index (κ3) is 3.32. The topological polar surface area (TPSA) is 128 Å². The predicted molar refractivity (Wildman–Crippen MR) is 65.7 cm³/mol. The number of nitrogen functional groups attached to an aromatic ring is 1. The molecule has 18 heavy (non-hydrogen) atoms. The van der Waals surface area contributed by atoms with Crippen molar-refractivity contribution in [2.75, 3.05) is 19.9 Å². The summed E-state index contributed by atoms with van der Waals surface area (Å²) in [6, 6.07) is 3.76. The third-order valence-electron chi connectivity index (χ3n) is 1.97. The van der Waals surface area contributed by atoms with Gasteiger partial charge in [0, 0.05) is 18.8 Å². The van der Waals surface area contributed by atoms with E-state index in [1.165, 1.54) is 23.4 Å². The van der Waals surface area contributed by atoms with E-state index in [1.807, 2.05) is 4.72 Å². The second-order valence-corrected chi connectivity index (χ2v) is 6.73. The molecule has 0 aliphatic heterocycles. The first-order chi connectivity index (χ1) is 8.22. The third-order valence-corrected chi connectivity index (χ3v) is 5.17. The van der Waals surface area contributed by atoms with Gasteiger partial charge in [0.1, 0.15) is 10.6 Å². The van der Waals surface area contributed by atoms with Gasteiger partial charge in [-0.25, -0.2) is 13.1 Å². The van der Waals surface area contributed by atoms with Crippen LogP contribution in [0.4, 0.5) is 5.69 Å². The molecule has 0 radical (unpaired) electrons. The van der Waals surface area contributed by atoms with E-state index in [4.69, 9.17) is 10.5 Å². The maximum Gasteiger partial charge on any atom is 0.290 e. The molecule has 0 unspecified atom stereocenters. The summed E-state index contributed by atoms with van der Waals surface area (Å²) in [5.74, 6) is -0.0474. The van der Waals surface area contributed by atoms with Gasteiger partial charge in [-0.1, -0.05) is 4.13 Å². The molecule has 1 rings (SSSR count). The van der Waals surface area contributed by atoms with Crippen LogP contribution in [0.1, 0.15) is 0 Å². The fraction of sp³-hybridized carbons (Fsp3) is 0.250. The lowest BCUT2D eigenvalue weighted by atomic mass is 10.3. The smallest absolute Gasteiger partial charge is 0.290 e. The molecule has 8 nitrogen and oxygen atoms in total. The van der Waals surface area contributed by atoms with Crippen molar-refractivity contribution >= 4 is 25.9 Å². The molecule has 10 heteroatoms. The van der Waals surface area contributed by atoms with E-state index in [-0.39, 0.29) is 10.6 Å². The van der Waals surface area contributed by atoms with E-state index < -0.39 is 20.2 Å². The zero-order valence-electron chi connectivity index (χ0n) is 9.67. The van der Waals surface area contributed by atoms with Crippen LogP contribution in [0.15, 0.2) is 23.1 Å². The fourth-order valence-electron chi connectivity index (χ4n) is 1.14. The van der Waals surface area contributed by atoms with Crippen molar-refractivity contribution in [3.63, 3.8) is 0 Å². The Labute approximate surface area is 105 Å². The number of anilines is 1.